The Bertz CT molecular complexity index is 298. The number of hydrogen-bond donors (Lipinski definition) is 0. The summed E-state index contributed by atoms with van der Waals surface area (Å²) >= 11 is 4.11. The molecule has 0 N–H and O–H groups in total. The lowest BCUT2D eigenvalue weighted by molar-refractivity contribution is 1.10. The van der Waals surface area contributed by atoms with Crippen molar-refractivity contribution in [2.45, 2.75) is 31.3 Å². The molecular formula is C15H22S2. The lowest BCUT2D eigenvalue weighted by Crippen LogP contribution is -1.95. The fourth-order valence-electron chi connectivity index (χ4n) is 1.38. The molecule has 0 aliphatic rings. The van der Waals surface area contributed by atoms with Crippen molar-refractivity contribution in [2.75, 3.05) is 11.5 Å². The molecule has 0 amide bonds. The first kappa shape index (κ1) is 14.7. The summed E-state index contributed by atoms with van der Waals surface area (Å²) < 4.78 is 0.607. The van der Waals surface area contributed by atoms with Crippen LogP contribution in [0, 0.1) is 0 Å². The second-order valence-corrected chi connectivity index (χ2v) is 6.68. The summed E-state index contributed by atoms with van der Waals surface area (Å²) in [6, 6.07) is 10.6. The molecule has 1 aromatic carbocycles. The molecule has 2 heteroatoms. The van der Waals surface area contributed by atoms with Crippen molar-refractivity contribution in [1.82, 2.24) is 0 Å². The van der Waals surface area contributed by atoms with Crippen LogP contribution in [0.25, 0.3) is 6.08 Å². The third-order valence-electron chi connectivity index (χ3n) is 2.22. The second kappa shape index (κ2) is 9.67. The average molecular weight is 266 g/mol. The van der Waals surface area contributed by atoms with E-state index in [9.17, 15) is 0 Å². The molecule has 0 aliphatic carbocycles. The molecule has 94 valence electrons. The van der Waals surface area contributed by atoms with E-state index in [0.29, 0.717) is 4.58 Å². The van der Waals surface area contributed by atoms with Crippen molar-refractivity contribution in [3.63, 3.8) is 0 Å². The summed E-state index contributed by atoms with van der Waals surface area (Å²) in [5.41, 5.74) is 1.30. The van der Waals surface area contributed by atoms with E-state index >= 15 is 0 Å². The predicted octanol–water partition coefficient (Wildman–Crippen LogP) is 5.31. The summed E-state index contributed by atoms with van der Waals surface area (Å²) in [4.78, 5) is 0. The van der Waals surface area contributed by atoms with Crippen molar-refractivity contribution in [3.05, 3.63) is 42.0 Å². The molecule has 0 aliphatic heterocycles. The predicted molar refractivity (Wildman–Crippen MR) is 84.8 cm³/mol. The van der Waals surface area contributed by atoms with Crippen LogP contribution in [0.15, 0.2) is 36.4 Å². The number of rotatable bonds is 8. The van der Waals surface area contributed by atoms with Crippen LogP contribution in [0.3, 0.4) is 0 Å². The quantitative estimate of drug-likeness (QED) is 0.585. The summed E-state index contributed by atoms with van der Waals surface area (Å²) in [5, 5.41) is 0. The van der Waals surface area contributed by atoms with Crippen LogP contribution in [0.4, 0.5) is 0 Å². The van der Waals surface area contributed by atoms with E-state index in [1.54, 1.807) is 0 Å². The normalized spacial score (nSPS) is 11.5. The van der Waals surface area contributed by atoms with Gasteiger partial charge in [-0.05, 0) is 29.9 Å². The highest BCUT2D eigenvalue weighted by Gasteiger charge is 2.04. The Morgan fingerprint density at radius 2 is 1.59 bits per heavy atom. The molecule has 0 spiro atoms. The second-order valence-electron chi connectivity index (χ2n) is 3.88. The van der Waals surface area contributed by atoms with Crippen LogP contribution in [0.1, 0.15) is 32.3 Å². The molecule has 0 bridgehead atoms. The van der Waals surface area contributed by atoms with Crippen molar-refractivity contribution in [2.24, 2.45) is 0 Å². The molecule has 0 nitrogen and oxygen atoms in total. The summed E-state index contributed by atoms with van der Waals surface area (Å²) in [6.07, 6.45) is 7.10. The van der Waals surface area contributed by atoms with Gasteiger partial charge in [-0.2, -0.15) is 0 Å². The molecule has 0 saturated carbocycles. The molecule has 0 atom stereocenters. The topological polar surface area (TPSA) is 0 Å². The minimum absolute atomic E-state index is 0.607. The van der Waals surface area contributed by atoms with Crippen LogP contribution in [-0.2, 0) is 0 Å². The van der Waals surface area contributed by atoms with Crippen LogP contribution in [0.5, 0.6) is 0 Å². The van der Waals surface area contributed by atoms with Crippen LogP contribution >= 0.6 is 23.5 Å². The molecule has 0 fully saturated rings. The Morgan fingerprint density at radius 1 is 1.00 bits per heavy atom. The van der Waals surface area contributed by atoms with Crippen molar-refractivity contribution in [3.8, 4) is 0 Å². The van der Waals surface area contributed by atoms with Crippen molar-refractivity contribution in [1.29, 1.82) is 0 Å². The minimum Gasteiger partial charge on any atom is -0.143 e. The Labute approximate surface area is 114 Å². The van der Waals surface area contributed by atoms with E-state index in [4.69, 9.17) is 0 Å². The number of thioether (sulfide) groups is 2. The SMILES string of the molecule is CCCSC(/C=C/c1ccccc1)SCCC. The lowest BCUT2D eigenvalue weighted by Gasteiger charge is -2.10. The standard InChI is InChI=1S/C15H22S2/c1-3-12-16-15(17-13-4-2)11-10-14-8-6-5-7-9-14/h5-11,15H,3-4,12-13H2,1-2H3/b11-10+. The molecule has 0 aromatic heterocycles. The number of benzene rings is 1. The van der Waals surface area contributed by atoms with Gasteiger partial charge in [0.05, 0.1) is 4.58 Å². The van der Waals surface area contributed by atoms with Gasteiger partial charge in [-0.1, -0.05) is 56.3 Å². The summed E-state index contributed by atoms with van der Waals surface area (Å²) in [5.74, 6) is 2.50. The smallest absolute Gasteiger partial charge is 0.0685 e. The van der Waals surface area contributed by atoms with E-state index in [1.807, 2.05) is 0 Å². The maximum atomic E-state index is 2.34. The van der Waals surface area contributed by atoms with Crippen LogP contribution in [-0.4, -0.2) is 16.1 Å². The van der Waals surface area contributed by atoms with E-state index in [-0.39, 0.29) is 0 Å². The van der Waals surface area contributed by atoms with E-state index < -0.39 is 0 Å². The fraction of sp³-hybridized carbons (Fsp3) is 0.467. The maximum Gasteiger partial charge on any atom is 0.0685 e. The zero-order valence-corrected chi connectivity index (χ0v) is 12.4. The van der Waals surface area contributed by atoms with Gasteiger partial charge in [0.25, 0.3) is 0 Å². The first-order valence-electron chi connectivity index (χ1n) is 6.33. The van der Waals surface area contributed by atoms with Gasteiger partial charge in [0.15, 0.2) is 0 Å². The Balaban J connectivity index is 2.49. The summed E-state index contributed by atoms with van der Waals surface area (Å²) in [7, 11) is 0. The van der Waals surface area contributed by atoms with E-state index in [1.165, 1.54) is 29.9 Å². The highest BCUT2D eigenvalue weighted by Crippen LogP contribution is 2.26. The van der Waals surface area contributed by atoms with Gasteiger partial charge in [0.1, 0.15) is 0 Å². The van der Waals surface area contributed by atoms with E-state index in [2.05, 4.69) is 79.9 Å². The largest absolute Gasteiger partial charge is 0.143 e. The monoisotopic (exact) mass is 266 g/mol. The molecule has 1 aromatic rings. The Morgan fingerprint density at radius 3 is 2.12 bits per heavy atom. The highest BCUT2D eigenvalue weighted by molar-refractivity contribution is 8.17. The highest BCUT2D eigenvalue weighted by atomic mass is 32.2. The molecule has 1 rings (SSSR count). The van der Waals surface area contributed by atoms with Gasteiger partial charge < -0.3 is 0 Å². The minimum atomic E-state index is 0.607. The van der Waals surface area contributed by atoms with Gasteiger partial charge in [-0.15, -0.1) is 23.5 Å². The first-order valence-corrected chi connectivity index (χ1v) is 8.43. The third kappa shape index (κ3) is 6.85. The van der Waals surface area contributed by atoms with Crippen molar-refractivity contribution >= 4 is 29.6 Å². The van der Waals surface area contributed by atoms with Gasteiger partial charge >= 0.3 is 0 Å². The van der Waals surface area contributed by atoms with E-state index in [0.717, 1.165) is 0 Å². The molecule has 0 unspecified atom stereocenters. The first-order chi connectivity index (χ1) is 8.36. The average Bonchev–Trinajstić information content (AvgIpc) is 2.39. The van der Waals surface area contributed by atoms with Crippen molar-refractivity contribution < 1.29 is 0 Å². The van der Waals surface area contributed by atoms with Gasteiger partial charge in [0, 0.05) is 0 Å². The maximum absolute atomic E-state index is 2.34. The number of hydrogen-bond acceptors (Lipinski definition) is 2. The summed E-state index contributed by atoms with van der Waals surface area (Å²) in [6.45, 7) is 4.49. The Kier molecular flexibility index (Phi) is 8.37. The molecular weight excluding hydrogens is 244 g/mol. The van der Waals surface area contributed by atoms with Gasteiger partial charge in [-0.25, -0.2) is 0 Å². The molecule has 0 heterocycles. The Hall–Kier alpha value is -0.340. The lowest BCUT2D eigenvalue weighted by atomic mass is 10.2. The molecule has 0 radical (unpaired) electrons. The van der Waals surface area contributed by atoms with Gasteiger partial charge in [0.2, 0.25) is 0 Å². The van der Waals surface area contributed by atoms with Gasteiger partial charge in [-0.3, -0.25) is 0 Å². The zero-order valence-electron chi connectivity index (χ0n) is 10.8. The molecule has 0 saturated heterocycles. The molecule has 17 heavy (non-hydrogen) atoms. The fourth-order valence-corrected chi connectivity index (χ4v) is 3.66. The van der Waals surface area contributed by atoms with Crippen LogP contribution in [0.2, 0.25) is 0 Å². The zero-order chi connectivity index (χ0) is 12.3. The van der Waals surface area contributed by atoms with Crippen LogP contribution < -0.4 is 0 Å². The third-order valence-corrected chi connectivity index (χ3v) is 5.29.